The fraction of sp³-hybridized carbons (Fsp3) is 0.800. The minimum Gasteiger partial charge on any atom is -0.389 e. The third-order valence-electron chi connectivity index (χ3n) is 1.78. The molecule has 0 atom stereocenters. The highest BCUT2D eigenvalue weighted by Crippen LogP contribution is 2.64. The van der Waals surface area contributed by atoms with Crippen molar-refractivity contribution in [2.24, 2.45) is 0 Å². The van der Waals surface area contributed by atoms with E-state index in [4.69, 9.17) is 18.1 Å². The van der Waals surface area contributed by atoms with Crippen molar-refractivity contribution in [2.45, 2.75) is 27.7 Å². The zero-order valence-electron chi connectivity index (χ0n) is 12.3. The lowest BCUT2D eigenvalue weighted by Crippen LogP contribution is -2.05. The first kappa shape index (κ1) is 20.7. The monoisotopic (exact) mass is 352 g/mol. The van der Waals surface area contributed by atoms with Crippen LogP contribution < -0.4 is 0 Å². The summed E-state index contributed by atoms with van der Waals surface area (Å²) in [6.07, 6.45) is -2.49. The van der Waals surface area contributed by atoms with Crippen LogP contribution in [-0.4, -0.2) is 26.4 Å². The van der Waals surface area contributed by atoms with Gasteiger partial charge in [-0.25, -0.2) is 4.57 Å². The Morgan fingerprint density at radius 2 is 1.19 bits per heavy atom. The second-order valence-corrected chi connectivity index (χ2v) is 6.78. The molecule has 0 aromatic heterocycles. The van der Waals surface area contributed by atoms with Gasteiger partial charge in [0.05, 0.1) is 26.4 Å². The molecular weight excluding hydrogens is 332 g/mol. The van der Waals surface area contributed by atoms with Gasteiger partial charge in [-0.3, -0.25) is 13.6 Å². The Bertz CT molecular complexity index is 417. The quantitative estimate of drug-likeness (QED) is 0.399. The van der Waals surface area contributed by atoms with Crippen molar-refractivity contribution in [3.8, 4) is 0 Å². The fourth-order valence-corrected chi connectivity index (χ4v) is 4.18. The van der Waals surface area contributed by atoms with E-state index in [1.807, 2.05) is 0 Å². The number of halogens is 2. The number of hydrogen-bond acceptors (Lipinski definition) is 7. The minimum absolute atomic E-state index is 0.119. The van der Waals surface area contributed by atoms with Gasteiger partial charge in [0.25, 0.3) is 5.50 Å². The van der Waals surface area contributed by atoms with Gasteiger partial charge < -0.3 is 13.6 Å². The first-order chi connectivity index (χ1) is 9.78. The van der Waals surface area contributed by atoms with Crippen LogP contribution in [0.1, 0.15) is 27.7 Å². The van der Waals surface area contributed by atoms with E-state index in [1.165, 1.54) is 27.7 Å². The molecule has 0 rings (SSSR count). The van der Waals surface area contributed by atoms with Crippen molar-refractivity contribution in [1.82, 2.24) is 0 Å². The number of phosphoric acid groups is 1. The highest BCUT2D eigenvalue weighted by Gasteiger charge is 2.42. The molecule has 0 aliphatic carbocycles. The molecular formula is C10H20F2O7P2. The third kappa shape index (κ3) is 6.55. The highest BCUT2D eigenvalue weighted by atomic mass is 31.2. The van der Waals surface area contributed by atoms with Gasteiger partial charge in [0.2, 0.25) is 0 Å². The normalized spacial score (nSPS) is 12.3. The minimum atomic E-state index is -4.45. The van der Waals surface area contributed by atoms with Crippen LogP contribution in [0.4, 0.5) is 8.78 Å². The van der Waals surface area contributed by atoms with Crippen LogP contribution in [0.25, 0.3) is 0 Å². The van der Waals surface area contributed by atoms with E-state index in [0.29, 0.717) is 0 Å². The van der Waals surface area contributed by atoms with Gasteiger partial charge in [0.1, 0.15) is 0 Å². The van der Waals surface area contributed by atoms with Gasteiger partial charge in [-0.15, -0.1) is 0 Å². The topological polar surface area (TPSA) is 80.3 Å². The summed E-state index contributed by atoms with van der Waals surface area (Å²) in [5, 5.41) is 0. The molecule has 0 aliphatic rings. The molecule has 11 heteroatoms. The lowest BCUT2D eigenvalue weighted by molar-refractivity contribution is 0.136. The van der Waals surface area contributed by atoms with Crippen LogP contribution in [0.5, 0.6) is 0 Å². The maximum absolute atomic E-state index is 13.0. The Labute approximate surface area is 122 Å². The van der Waals surface area contributed by atoms with Crippen molar-refractivity contribution in [2.75, 3.05) is 26.4 Å². The van der Waals surface area contributed by atoms with Crippen LogP contribution >= 0.6 is 15.4 Å². The molecule has 0 aromatic carbocycles. The second-order valence-electron chi connectivity index (χ2n) is 3.27. The van der Waals surface area contributed by atoms with Crippen LogP contribution in [-0.2, 0) is 31.7 Å². The first-order valence-electron chi connectivity index (χ1n) is 6.32. The first-order valence-corrected chi connectivity index (χ1v) is 9.32. The van der Waals surface area contributed by atoms with E-state index in [0.717, 1.165) is 0 Å². The van der Waals surface area contributed by atoms with Crippen molar-refractivity contribution >= 4 is 15.4 Å². The van der Waals surface area contributed by atoms with E-state index in [2.05, 4.69) is 4.52 Å². The molecule has 126 valence electrons. The number of hydrogen-bond donors (Lipinski definition) is 0. The predicted molar refractivity (Wildman–Crippen MR) is 72.0 cm³/mol. The Hall–Kier alpha value is -0.300. The van der Waals surface area contributed by atoms with E-state index in [9.17, 15) is 17.9 Å². The van der Waals surface area contributed by atoms with Crippen molar-refractivity contribution < 1.29 is 40.5 Å². The van der Waals surface area contributed by atoms with Gasteiger partial charge >= 0.3 is 21.5 Å². The van der Waals surface area contributed by atoms with Gasteiger partial charge in [-0.05, 0) is 27.7 Å². The molecule has 0 heterocycles. The molecule has 0 spiro atoms. The van der Waals surface area contributed by atoms with Crippen molar-refractivity contribution in [3.05, 3.63) is 11.6 Å². The molecule has 0 N–H and O–H groups in total. The lowest BCUT2D eigenvalue weighted by Gasteiger charge is -2.22. The Morgan fingerprint density at radius 3 is 1.48 bits per heavy atom. The summed E-state index contributed by atoms with van der Waals surface area (Å²) < 4.78 is 74.0. The average Bonchev–Trinajstić information content (AvgIpc) is 2.37. The SMILES string of the molecule is CCOP(=O)(OCC)OC(=C(F)F)P(=O)(OCC)OCC. The van der Waals surface area contributed by atoms with Gasteiger partial charge in [-0.2, -0.15) is 8.78 Å². The van der Waals surface area contributed by atoms with E-state index in [1.54, 1.807) is 0 Å². The smallest absolute Gasteiger partial charge is 0.389 e. The van der Waals surface area contributed by atoms with Crippen LogP contribution in [0.15, 0.2) is 11.6 Å². The molecule has 0 amide bonds. The van der Waals surface area contributed by atoms with Crippen LogP contribution in [0.2, 0.25) is 0 Å². The molecule has 0 fully saturated rings. The molecule has 0 radical (unpaired) electrons. The summed E-state index contributed by atoms with van der Waals surface area (Å²) >= 11 is 0. The molecule has 0 unspecified atom stereocenters. The summed E-state index contributed by atoms with van der Waals surface area (Å²) in [5.74, 6) is 0. The summed E-state index contributed by atoms with van der Waals surface area (Å²) in [6.45, 7) is 5.21. The molecule has 0 saturated heterocycles. The lowest BCUT2D eigenvalue weighted by atomic mass is 10.9. The number of phosphoric ester groups is 1. The molecule has 0 aromatic rings. The van der Waals surface area contributed by atoms with Crippen molar-refractivity contribution in [3.63, 3.8) is 0 Å². The maximum Gasteiger partial charge on any atom is 0.530 e. The summed E-state index contributed by atoms with van der Waals surface area (Å²) in [4.78, 5) is 0. The van der Waals surface area contributed by atoms with Gasteiger partial charge in [0.15, 0.2) is 0 Å². The van der Waals surface area contributed by atoms with Gasteiger partial charge in [0, 0.05) is 0 Å². The predicted octanol–water partition coefficient (Wildman–Crippen LogP) is 4.52. The van der Waals surface area contributed by atoms with E-state index in [-0.39, 0.29) is 26.4 Å². The second kappa shape index (κ2) is 9.66. The highest BCUT2D eigenvalue weighted by molar-refractivity contribution is 7.59. The zero-order chi connectivity index (χ0) is 16.5. The summed E-state index contributed by atoms with van der Waals surface area (Å²) in [5.41, 5.74) is -1.46. The van der Waals surface area contributed by atoms with E-state index >= 15 is 0 Å². The zero-order valence-corrected chi connectivity index (χ0v) is 14.1. The summed E-state index contributed by atoms with van der Waals surface area (Å²) in [7, 11) is -8.80. The molecule has 21 heavy (non-hydrogen) atoms. The van der Waals surface area contributed by atoms with E-state index < -0.39 is 27.0 Å². The number of rotatable bonds is 11. The molecule has 0 saturated carbocycles. The van der Waals surface area contributed by atoms with Crippen molar-refractivity contribution in [1.29, 1.82) is 0 Å². The molecule has 0 bridgehead atoms. The molecule has 0 aliphatic heterocycles. The molecule has 7 nitrogen and oxygen atoms in total. The van der Waals surface area contributed by atoms with Crippen LogP contribution in [0, 0.1) is 0 Å². The largest absolute Gasteiger partial charge is 0.530 e. The third-order valence-corrected chi connectivity index (χ3v) is 5.43. The average molecular weight is 352 g/mol. The summed E-state index contributed by atoms with van der Waals surface area (Å²) in [6, 6.07) is 0. The standard InChI is InChI=1S/C10H20F2O7P2/c1-5-15-20(13,16-6-2)10(9(11)12)19-21(14,17-7-3)18-8-4/h5-8H2,1-4H3. The Morgan fingerprint density at radius 1 is 0.810 bits per heavy atom. The Kier molecular flexibility index (Phi) is 9.53. The van der Waals surface area contributed by atoms with Crippen LogP contribution in [0.3, 0.4) is 0 Å². The Balaban J connectivity index is 5.55. The van der Waals surface area contributed by atoms with Gasteiger partial charge in [-0.1, -0.05) is 0 Å². The maximum atomic E-state index is 13.0. The fourth-order valence-electron chi connectivity index (χ4n) is 1.19.